The minimum atomic E-state index is -0.212. The number of nitrogens with one attached hydrogen (secondary N) is 1. The van der Waals surface area contributed by atoms with E-state index >= 15 is 0 Å². The average Bonchev–Trinajstić information content (AvgIpc) is 3.15. The maximum Gasteiger partial charge on any atom is 0.0926 e. The molecule has 0 radical (unpaired) electrons. The molecule has 0 spiro atoms. The number of likely N-dealkylation sites (tertiary alicyclic amines) is 1. The van der Waals surface area contributed by atoms with Crippen LogP contribution in [0.25, 0.3) is 0 Å². The van der Waals surface area contributed by atoms with Crippen LogP contribution in [0.1, 0.15) is 29.6 Å². The summed E-state index contributed by atoms with van der Waals surface area (Å²) in [5.74, 6) is 0. The van der Waals surface area contributed by atoms with Gasteiger partial charge in [-0.2, -0.15) is 0 Å². The van der Waals surface area contributed by atoms with Crippen molar-refractivity contribution in [3.63, 3.8) is 0 Å². The van der Waals surface area contributed by atoms with Crippen LogP contribution in [0, 0.1) is 0 Å². The number of hydrogen-bond donors (Lipinski definition) is 2. The van der Waals surface area contributed by atoms with Crippen molar-refractivity contribution >= 4 is 11.3 Å². The topological polar surface area (TPSA) is 48.4 Å². The van der Waals surface area contributed by atoms with Gasteiger partial charge >= 0.3 is 0 Å². The van der Waals surface area contributed by atoms with Crippen molar-refractivity contribution in [2.75, 3.05) is 13.1 Å². The van der Waals surface area contributed by atoms with Gasteiger partial charge in [-0.1, -0.05) is 37.3 Å². The quantitative estimate of drug-likeness (QED) is 0.818. The van der Waals surface area contributed by atoms with Gasteiger partial charge in [0.2, 0.25) is 0 Å². The molecule has 2 N–H and O–H groups in total. The van der Waals surface area contributed by atoms with Crippen LogP contribution in [-0.4, -0.2) is 40.2 Å². The Morgan fingerprint density at radius 1 is 1.35 bits per heavy atom. The fourth-order valence-electron chi connectivity index (χ4n) is 3.14. The molecule has 23 heavy (non-hydrogen) atoms. The first kappa shape index (κ1) is 16.6. The molecule has 0 bridgehead atoms. The van der Waals surface area contributed by atoms with Crippen molar-refractivity contribution in [3.8, 4) is 0 Å². The predicted molar refractivity (Wildman–Crippen MR) is 94.5 cm³/mol. The minimum absolute atomic E-state index is 0.212. The van der Waals surface area contributed by atoms with Gasteiger partial charge in [-0.25, -0.2) is 4.98 Å². The second-order valence-electron chi connectivity index (χ2n) is 6.18. The molecule has 0 amide bonds. The Morgan fingerprint density at radius 3 is 2.91 bits per heavy atom. The van der Waals surface area contributed by atoms with Gasteiger partial charge in [0.1, 0.15) is 0 Å². The highest BCUT2D eigenvalue weighted by Gasteiger charge is 2.30. The summed E-state index contributed by atoms with van der Waals surface area (Å²) in [5, 5.41) is 16.9. The Hall–Kier alpha value is -1.27. The maximum absolute atomic E-state index is 10.0. The van der Waals surface area contributed by atoms with E-state index in [1.54, 1.807) is 11.3 Å². The third-order valence-electron chi connectivity index (χ3n) is 4.32. The molecule has 0 aliphatic carbocycles. The van der Waals surface area contributed by atoms with Crippen LogP contribution in [0.15, 0.2) is 35.7 Å². The van der Waals surface area contributed by atoms with Crippen molar-refractivity contribution in [1.82, 2.24) is 15.2 Å². The zero-order valence-electron chi connectivity index (χ0n) is 13.6. The smallest absolute Gasteiger partial charge is 0.0926 e. The van der Waals surface area contributed by atoms with E-state index in [0.717, 1.165) is 44.7 Å². The minimum Gasteiger partial charge on any atom is -0.392 e. The van der Waals surface area contributed by atoms with E-state index in [2.05, 4.69) is 51.8 Å². The van der Waals surface area contributed by atoms with E-state index in [4.69, 9.17) is 0 Å². The molecule has 4 nitrogen and oxygen atoms in total. The van der Waals surface area contributed by atoms with E-state index in [1.165, 1.54) is 10.6 Å². The second-order valence-corrected chi connectivity index (χ2v) is 7.12. The Labute approximate surface area is 142 Å². The van der Waals surface area contributed by atoms with Gasteiger partial charge in [-0.15, -0.1) is 11.3 Å². The van der Waals surface area contributed by atoms with Gasteiger partial charge in [-0.05, 0) is 18.4 Å². The molecular weight excluding hydrogens is 306 g/mol. The first-order valence-corrected chi connectivity index (χ1v) is 9.22. The van der Waals surface area contributed by atoms with Crippen molar-refractivity contribution in [3.05, 3.63) is 52.0 Å². The van der Waals surface area contributed by atoms with Crippen LogP contribution in [0.5, 0.6) is 0 Å². The first-order valence-electron chi connectivity index (χ1n) is 8.34. The van der Waals surface area contributed by atoms with Crippen LogP contribution >= 0.6 is 11.3 Å². The standard InChI is InChI=1S/C18H25N3OS/c1-2-18-20-15(13-23-18)9-19-10-16-8-17(22)12-21(16)11-14-6-4-3-5-7-14/h3-7,13,16-17,19,22H,2,8-12H2,1H3. The van der Waals surface area contributed by atoms with Crippen LogP contribution in [0.4, 0.5) is 0 Å². The fourth-order valence-corrected chi connectivity index (χ4v) is 3.89. The summed E-state index contributed by atoms with van der Waals surface area (Å²) < 4.78 is 0. The molecule has 2 heterocycles. The van der Waals surface area contributed by atoms with E-state index in [-0.39, 0.29) is 6.10 Å². The van der Waals surface area contributed by atoms with Gasteiger partial charge in [0.25, 0.3) is 0 Å². The number of benzene rings is 1. The molecule has 0 saturated carbocycles. The highest BCUT2D eigenvalue weighted by atomic mass is 32.1. The number of rotatable bonds is 7. The number of aliphatic hydroxyl groups excluding tert-OH is 1. The second kappa shape index (κ2) is 8.02. The van der Waals surface area contributed by atoms with Gasteiger partial charge in [-0.3, -0.25) is 4.90 Å². The van der Waals surface area contributed by atoms with Crippen molar-refractivity contribution in [2.24, 2.45) is 0 Å². The Balaban J connectivity index is 1.51. The van der Waals surface area contributed by atoms with E-state index in [1.807, 2.05) is 6.07 Å². The van der Waals surface area contributed by atoms with E-state index in [0.29, 0.717) is 6.04 Å². The van der Waals surface area contributed by atoms with Gasteiger partial charge in [0, 0.05) is 37.6 Å². The maximum atomic E-state index is 10.0. The summed E-state index contributed by atoms with van der Waals surface area (Å²) in [4.78, 5) is 6.97. The number of aliphatic hydroxyl groups is 1. The summed E-state index contributed by atoms with van der Waals surface area (Å²) >= 11 is 1.73. The number of nitrogens with zero attached hydrogens (tertiary/aromatic N) is 2. The molecule has 3 rings (SSSR count). The molecular formula is C18H25N3OS. The summed E-state index contributed by atoms with van der Waals surface area (Å²) in [5.41, 5.74) is 2.43. The van der Waals surface area contributed by atoms with Crippen LogP contribution in [0.3, 0.4) is 0 Å². The SMILES string of the molecule is CCc1nc(CNCC2CC(O)CN2Cc2ccccc2)cs1. The summed E-state index contributed by atoms with van der Waals surface area (Å²) in [6.07, 6.45) is 1.64. The number of β-amino-alcohol motifs (C(OH)–C–C–N with tert-alkyl or cyclic N) is 1. The molecule has 5 heteroatoms. The number of hydrogen-bond acceptors (Lipinski definition) is 5. The molecule has 124 valence electrons. The van der Waals surface area contributed by atoms with Gasteiger partial charge < -0.3 is 10.4 Å². The van der Waals surface area contributed by atoms with Gasteiger partial charge in [0.15, 0.2) is 0 Å². The van der Waals surface area contributed by atoms with Crippen molar-refractivity contribution in [1.29, 1.82) is 0 Å². The number of aromatic nitrogens is 1. The molecule has 1 saturated heterocycles. The molecule has 1 aromatic carbocycles. The van der Waals surface area contributed by atoms with E-state index < -0.39 is 0 Å². The molecule has 1 aliphatic heterocycles. The molecule has 1 fully saturated rings. The van der Waals surface area contributed by atoms with Gasteiger partial charge in [0.05, 0.1) is 16.8 Å². The highest BCUT2D eigenvalue weighted by molar-refractivity contribution is 7.09. The zero-order chi connectivity index (χ0) is 16.1. The molecule has 1 aliphatic rings. The zero-order valence-corrected chi connectivity index (χ0v) is 14.4. The lowest BCUT2D eigenvalue weighted by Gasteiger charge is -2.24. The average molecular weight is 331 g/mol. The van der Waals surface area contributed by atoms with Crippen LogP contribution in [0.2, 0.25) is 0 Å². The Bertz CT molecular complexity index is 601. The molecule has 1 aromatic heterocycles. The van der Waals surface area contributed by atoms with Crippen molar-refractivity contribution < 1.29 is 5.11 Å². The predicted octanol–water partition coefficient (Wildman–Crippen LogP) is 2.43. The summed E-state index contributed by atoms with van der Waals surface area (Å²) in [6.45, 7) is 5.50. The normalized spacial score (nSPS) is 21.8. The highest BCUT2D eigenvalue weighted by Crippen LogP contribution is 2.20. The van der Waals surface area contributed by atoms with E-state index in [9.17, 15) is 5.11 Å². The Kier molecular flexibility index (Phi) is 5.78. The van der Waals surface area contributed by atoms with Crippen LogP contribution in [-0.2, 0) is 19.5 Å². The summed E-state index contributed by atoms with van der Waals surface area (Å²) in [6, 6.07) is 10.9. The lowest BCUT2D eigenvalue weighted by Crippen LogP contribution is -2.37. The number of aryl methyl sites for hydroxylation is 1. The van der Waals surface area contributed by atoms with Crippen molar-refractivity contribution in [2.45, 2.75) is 45.0 Å². The molecule has 2 unspecified atom stereocenters. The lowest BCUT2D eigenvalue weighted by molar-refractivity contribution is 0.172. The first-order chi connectivity index (χ1) is 11.2. The lowest BCUT2D eigenvalue weighted by atomic mass is 10.1. The Morgan fingerprint density at radius 2 is 2.17 bits per heavy atom. The summed E-state index contributed by atoms with van der Waals surface area (Å²) in [7, 11) is 0. The largest absolute Gasteiger partial charge is 0.392 e. The van der Waals surface area contributed by atoms with Crippen LogP contribution < -0.4 is 5.32 Å². The molecule has 2 atom stereocenters. The third-order valence-corrected chi connectivity index (χ3v) is 5.36. The molecule has 2 aromatic rings. The third kappa shape index (κ3) is 4.61. The number of thiazole rings is 1. The monoisotopic (exact) mass is 331 g/mol. The fraction of sp³-hybridized carbons (Fsp3) is 0.500.